The van der Waals surface area contributed by atoms with Gasteiger partial charge in [0, 0.05) is 0 Å². The van der Waals surface area contributed by atoms with E-state index in [0.29, 0.717) is 11.5 Å². The Kier molecular flexibility index (Phi) is 2.41. The van der Waals surface area contributed by atoms with Crippen molar-refractivity contribution in [1.29, 1.82) is 0 Å². The maximum Gasteiger partial charge on any atom is 0.417 e. The first-order valence-electron chi connectivity index (χ1n) is 4.44. The molecule has 0 unspecified atom stereocenters. The van der Waals surface area contributed by atoms with Gasteiger partial charge in [0.1, 0.15) is 12.2 Å². The standard InChI is InChI=1S/C10H7F3N3/c1-7-14-6-16(15-7)9-4-2-3-8(5-9)10(11,12)13/h2,4-6H,1H3. The molecule has 0 amide bonds. The number of alkyl halides is 3. The molecule has 83 valence electrons. The first kappa shape index (κ1) is 10.7. The topological polar surface area (TPSA) is 30.7 Å². The van der Waals surface area contributed by atoms with E-state index in [2.05, 4.69) is 16.1 Å². The van der Waals surface area contributed by atoms with Gasteiger partial charge < -0.3 is 0 Å². The molecule has 0 aliphatic carbocycles. The van der Waals surface area contributed by atoms with Gasteiger partial charge in [0.05, 0.1) is 11.3 Å². The maximum absolute atomic E-state index is 12.4. The normalized spacial score (nSPS) is 11.8. The van der Waals surface area contributed by atoms with Gasteiger partial charge in [0.15, 0.2) is 0 Å². The number of benzene rings is 1. The van der Waals surface area contributed by atoms with Gasteiger partial charge in [0.2, 0.25) is 0 Å². The highest BCUT2D eigenvalue weighted by Crippen LogP contribution is 2.29. The first-order valence-corrected chi connectivity index (χ1v) is 4.44. The van der Waals surface area contributed by atoms with E-state index in [0.717, 1.165) is 6.07 Å². The third kappa shape index (κ3) is 2.05. The van der Waals surface area contributed by atoms with Crippen LogP contribution in [-0.2, 0) is 6.18 Å². The highest BCUT2D eigenvalue weighted by molar-refractivity contribution is 5.35. The third-order valence-electron chi connectivity index (χ3n) is 1.96. The Labute approximate surface area is 89.5 Å². The van der Waals surface area contributed by atoms with Crippen LogP contribution in [-0.4, -0.2) is 14.8 Å². The fraction of sp³-hybridized carbons (Fsp3) is 0.200. The Morgan fingerprint density at radius 1 is 1.38 bits per heavy atom. The molecule has 0 aliphatic heterocycles. The molecule has 6 heteroatoms. The van der Waals surface area contributed by atoms with E-state index in [1.54, 1.807) is 6.92 Å². The lowest BCUT2D eigenvalue weighted by atomic mass is 10.2. The van der Waals surface area contributed by atoms with Crippen LogP contribution in [0.25, 0.3) is 5.69 Å². The zero-order chi connectivity index (χ0) is 11.8. The summed E-state index contributed by atoms with van der Waals surface area (Å²) in [4.78, 5) is 3.85. The SMILES string of the molecule is Cc1ncn(-c2cc[c]c(C(F)(F)F)c2)n1. The van der Waals surface area contributed by atoms with Gasteiger partial charge >= 0.3 is 6.18 Å². The highest BCUT2D eigenvalue weighted by atomic mass is 19.4. The summed E-state index contributed by atoms with van der Waals surface area (Å²) in [5.41, 5.74) is -0.509. The van der Waals surface area contributed by atoms with Crippen LogP contribution in [0.5, 0.6) is 0 Å². The van der Waals surface area contributed by atoms with E-state index in [1.165, 1.54) is 23.1 Å². The van der Waals surface area contributed by atoms with Gasteiger partial charge in [-0.25, -0.2) is 9.67 Å². The van der Waals surface area contributed by atoms with E-state index in [1.807, 2.05) is 0 Å². The molecule has 0 aliphatic rings. The number of aromatic nitrogens is 3. The molecule has 0 saturated heterocycles. The highest BCUT2D eigenvalue weighted by Gasteiger charge is 2.30. The number of nitrogens with zero attached hydrogens (tertiary/aromatic N) is 3. The van der Waals surface area contributed by atoms with Crippen LogP contribution in [0.15, 0.2) is 24.5 Å². The van der Waals surface area contributed by atoms with Gasteiger partial charge in [-0.05, 0) is 25.1 Å². The predicted octanol–water partition coefficient (Wildman–Crippen LogP) is 2.39. The van der Waals surface area contributed by atoms with Crippen LogP contribution in [0.4, 0.5) is 13.2 Å². The van der Waals surface area contributed by atoms with Crippen molar-refractivity contribution < 1.29 is 13.2 Å². The fourth-order valence-electron chi connectivity index (χ4n) is 1.23. The molecule has 1 radical (unpaired) electrons. The van der Waals surface area contributed by atoms with Crippen molar-refractivity contribution in [2.45, 2.75) is 13.1 Å². The quantitative estimate of drug-likeness (QED) is 0.747. The lowest BCUT2D eigenvalue weighted by molar-refractivity contribution is -0.137. The van der Waals surface area contributed by atoms with Crippen LogP contribution in [0.3, 0.4) is 0 Å². The average Bonchev–Trinajstić information content (AvgIpc) is 2.64. The molecule has 2 aromatic rings. The van der Waals surface area contributed by atoms with Crippen molar-refractivity contribution in [3.63, 3.8) is 0 Å². The van der Waals surface area contributed by atoms with Crippen molar-refractivity contribution in [3.8, 4) is 5.69 Å². The minimum Gasteiger partial charge on any atom is -0.221 e. The van der Waals surface area contributed by atoms with Gasteiger partial charge in [-0.15, -0.1) is 0 Å². The predicted molar refractivity (Wildman–Crippen MR) is 49.9 cm³/mol. The molecule has 0 N–H and O–H groups in total. The second-order valence-electron chi connectivity index (χ2n) is 3.19. The van der Waals surface area contributed by atoms with Crippen LogP contribution < -0.4 is 0 Å². The van der Waals surface area contributed by atoms with E-state index in [4.69, 9.17) is 0 Å². The van der Waals surface area contributed by atoms with Crippen LogP contribution in [0.1, 0.15) is 11.4 Å². The largest absolute Gasteiger partial charge is 0.417 e. The smallest absolute Gasteiger partial charge is 0.221 e. The number of rotatable bonds is 1. The molecule has 1 heterocycles. The Morgan fingerprint density at radius 2 is 2.12 bits per heavy atom. The molecule has 0 saturated carbocycles. The molecule has 0 fully saturated rings. The number of aryl methyl sites for hydroxylation is 1. The van der Waals surface area contributed by atoms with E-state index in [9.17, 15) is 13.2 Å². The summed E-state index contributed by atoms with van der Waals surface area (Å²) in [5, 5.41) is 3.93. The average molecular weight is 226 g/mol. The molecule has 0 spiro atoms. The van der Waals surface area contributed by atoms with Crippen LogP contribution in [0, 0.1) is 13.0 Å². The summed E-state index contributed by atoms with van der Waals surface area (Å²) >= 11 is 0. The zero-order valence-corrected chi connectivity index (χ0v) is 8.28. The molecule has 1 aromatic carbocycles. The summed E-state index contributed by atoms with van der Waals surface area (Å²) in [7, 11) is 0. The van der Waals surface area contributed by atoms with E-state index in [-0.39, 0.29) is 0 Å². The van der Waals surface area contributed by atoms with Crippen LogP contribution >= 0.6 is 0 Å². The molecule has 0 bridgehead atoms. The van der Waals surface area contributed by atoms with Crippen molar-refractivity contribution in [2.24, 2.45) is 0 Å². The fourth-order valence-corrected chi connectivity index (χ4v) is 1.23. The summed E-state index contributed by atoms with van der Waals surface area (Å²) in [6.07, 6.45) is -3.03. The Hall–Kier alpha value is -1.85. The first-order chi connectivity index (χ1) is 7.47. The van der Waals surface area contributed by atoms with E-state index < -0.39 is 11.7 Å². The van der Waals surface area contributed by atoms with Gasteiger partial charge in [-0.2, -0.15) is 18.3 Å². The van der Waals surface area contributed by atoms with Gasteiger partial charge in [-0.3, -0.25) is 0 Å². The number of hydrogen-bond acceptors (Lipinski definition) is 2. The molecule has 2 rings (SSSR count). The van der Waals surface area contributed by atoms with Gasteiger partial charge in [0.25, 0.3) is 0 Å². The lowest BCUT2D eigenvalue weighted by Gasteiger charge is -2.07. The maximum atomic E-state index is 12.4. The summed E-state index contributed by atoms with van der Waals surface area (Å²) in [6.45, 7) is 1.66. The van der Waals surface area contributed by atoms with Crippen molar-refractivity contribution >= 4 is 0 Å². The summed E-state index contributed by atoms with van der Waals surface area (Å²) in [6, 6.07) is 5.83. The molecular formula is C10H7F3N3. The minimum absolute atomic E-state index is 0.312. The summed E-state index contributed by atoms with van der Waals surface area (Å²) < 4.78 is 38.5. The second kappa shape index (κ2) is 3.62. The lowest BCUT2D eigenvalue weighted by Crippen LogP contribution is -2.06. The molecule has 1 aromatic heterocycles. The summed E-state index contributed by atoms with van der Waals surface area (Å²) in [5.74, 6) is 0.501. The Morgan fingerprint density at radius 3 is 2.69 bits per heavy atom. The number of halogens is 3. The molecule has 16 heavy (non-hydrogen) atoms. The monoisotopic (exact) mass is 226 g/mol. The number of hydrogen-bond donors (Lipinski definition) is 0. The van der Waals surface area contributed by atoms with Crippen molar-refractivity contribution in [3.05, 3.63) is 42.0 Å². The minimum atomic E-state index is -4.40. The Bertz CT molecular complexity index is 502. The van der Waals surface area contributed by atoms with Crippen molar-refractivity contribution in [1.82, 2.24) is 14.8 Å². The second-order valence-corrected chi connectivity index (χ2v) is 3.19. The molecule has 0 atom stereocenters. The van der Waals surface area contributed by atoms with Crippen molar-refractivity contribution in [2.75, 3.05) is 0 Å². The van der Waals surface area contributed by atoms with Gasteiger partial charge in [-0.1, -0.05) is 6.07 Å². The molecular weight excluding hydrogens is 219 g/mol. The third-order valence-corrected chi connectivity index (χ3v) is 1.96. The Balaban J connectivity index is 2.44. The van der Waals surface area contributed by atoms with E-state index >= 15 is 0 Å². The van der Waals surface area contributed by atoms with Crippen LogP contribution in [0.2, 0.25) is 0 Å². The molecule has 3 nitrogen and oxygen atoms in total. The zero-order valence-electron chi connectivity index (χ0n) is 8.28.